The Morgan fingerprint density at radius 2 is 1.50 bits per heavy atom. The molecular formula is C8H9Br2ClMg. The first kappa shape index (κ1) is 18.9. The molecule has 0 fully saturated rings. The van der Waals surface area contributed by atoms with E-state index in [1.54, 1.807) is 0 Å². The molecule has 0 nitrogen and oxygen atoms in total. The average Bonchev–Trinajstić information content (AvgIpc) is 1.90. The number of hydrogen-bond acceptors (Lipinski definition) is 0. The van der Waals surface area contributed by atoms with Gasteiger partial charge in [0.25, 0.3) is 0 Å². The van der Waals surface area contributed by atoms with Gasteiger partial charge in [0.05, 0.1) is 0 Å². The molecule has 0 radical (unpaired) electrons. The molecule has 0 atom stereocenters. The summed E-state index contributed by atoms with van der Waals surface area (Å²) in [7, 11) is 0. The Labute approximate surface area is 116 Å². The van der Waals surface area contributed by atoms with E-state index < -0.39 is 0 Å². The van der Waals surface area contributed by atoms with Crippen LogP contribution < -0.4 is 34.0 Å². The van der Waals surface area contributed by atoms with Crippen molar-refractivity contribution in [1.82, 2.24) is 0 Å². The third-order valence-corrected chi connectivity index (χ3v) is 1.57. The number of rotatable bonds is 1. The SMILES string of the molecule is CCc1ccc(Cl)cc1.[Br-].[Br-].[Mg+2]. The van der Waals surface area contributed by atoms with E-state index in [2.05, 4.69) is 6.92 Å². The van der Waals surface area contributed by atoms with Crippen molar-refractivity contribution in [2.45, 2.75) is 13.3 Å². The third-order valence-electron chi connectivity index (χ3n) is 1.32. The molecule has 0 aliphatic heterocycles. The first-order valence-electron chi connectivity index (χ1n) is 3.07. The van der Waals surface area contributed by atoms with Gasteiger partial charge in [0.2, 0.25) is 0 Å². The van der Waals surface area contributed by atoms with Crippen LogP contribution in [0, 0.1) is 0 Å². The minimum atomic E-state index is 0. The standard InChI is InChI=1S/C8H9Cl.2BrH.Mg/c1-2-7-3-5-8(9)6-4-7;;;/h3-6H,2H2,1H3;2*1H;/q;;;+2/p-2. The molecule has 0 bridgehead atoms. The summed E-state index contributed by atoms with van der Waals surface area (Å²) >= 11 is 5.67. The van der Waals surface area contributed by atoms with Crippen LogP contribution in [0.25, 0.3) is 0 Å². The van der Waals surface area contributed by atoms with Gasteiger partial charge in [-0.05, 0) is 24.1 Å². The third kappa shape index (κ3) is 6.72. The van der Waals surface area contributed by atoms with Gasteiger partial charge in [-0.15, -0.1) is 0 Å². The molecule has 0 aliphatic carbocycles. The molecule has 0 aromatic heterocycles. The summed E-state index contributed by atoms with van der Waals surface area (Å²) in [6, 6.07) is 7.92. The van der Waals surface area contributed by atoms with Crippen molar-refractivity contribution in [3.8, 4) is 0 Å². The molecule has 64 valence electrons. The van der Waals surface area contributed by atoms with Crippen LogP contribution in [0.3, 0.4) is 0 Å². The molecule has 1 rings (SSSR count). The summed E-state index contributed by atoms with van der Waals surface area (Å²) in [6.45, 7) is 2.13. The van der Waals surface area contributed by atoms with Gasteiger partial charge in [-0.3, -0.25) is 0 Å². The van der Waals surface area contributed by atoms with Gasteiger partial charge in [-0.25, -0.2) is 0 Å². The molecule has 0 unspecified atom stereocenters. The minimum absolute atomic E-state index is 0. The summed E-state index contributed by atoms with van der Waals surface area (Å²) in [4.78, 5) is 0. The Hall–Kier alpha value is 1.24. The van der Waals surface area contributed by atoms with Crippen molar-refractivity contribution < 1.29 is 34.0 Å². The Bertz CT molecular complexity index is 189. The maximum Gasteiger partial charge on any atom is 2.00 e. The number of aryl methyl sites for hydroxylation is 1. The summed E-state index contributed by atoms with van der Waals surface area (Å²) in [5.74, 6) is 0. The van der Waals surface area contributed by atoms with E-state index in [-0.39, 0.29) is 57.0 Å². The molecule has 0 amide bonds. The summed E-state index contributed by atoms with van der Waals surface area (Å²) in [6.07, 6.45) is 1.08. The zero-order valence-corrected chi connectivity index (χ0v) is 12.2. The van der Waals surface area contributed by atoms with Gasteiger partial charge in [-0.2, -0.15) is 0 Å². The Kier molecular flexibility index (Phi) is 16.3. The average molecular weight is 325 g/mol. The second-order valence-electron chi connectivity index (χ2n) is 1.98. The molecular weight excluding hydrogens is 316 g/mol. The van der Waals surface area contributed by atoms with E-state index in [9.17, 15) is 0 Å². The van der Waals surface area contributed by atoms with Crippen LogP contribution in [0.15, 0.2) is 24.3 Å². The van der Waals surface area contributed by atoms with E-state index in [0.29, 0.717) is 0 Å². The van der Waals surface area contributed by atoms with Crippen molar-refractivity contribution in [3.63, 3.8) is 0 Å². The number of halogens is 3. The molecule has 0 heterocycles. The van der Waals surface area contributed by atoms with Crippen molar-refractivity contribution in [1.29, 1.82) is 0 Å². The van der Waals surface area contributed by atoms with Crippen LogP contribution in [0.5, 0.6) is 0 Å². The second-order valence-corrected chi connectivity index (χ2v) is 2.42. The van der Waals surface area contributed by atoms with Gasteiger partial charge < -0.3 is 34.0 Å². The molecule has 0 aliphatic rings. The van der Waals surface area contributed by atoms with Crippen molar-refractivity contribution in [2.24, 2.45) is 0 Å². The van der Waals surface area contributed by atoms with E-state index in [4.69, 9.17) is 11.6 Å². The van der Waals surface area contributed by atoms with Gasteiger partial charge in [-0.1, -0.05) is 30.7 Å². The van der Waals surface area contributed by atoms with Crippen molar-refractivity contribution >= 4 is 34.7 Å². The Balaban J connectivity index is -0.000000270. The number of benzene rings is 1. The van der Waals surface area contributed by atoms with Gasteiger partial charge >= 0.3 is 23.1 Å². The Morgan fingerprint density at radius 3 is 1.83 bits per heavy atom. The van der Waals surface area contributed by atoms with Gasteiger partial charge in [0.1, 0.15) is 0 Å². The fraction of sp³-hybridized carbons (Fsp3) is 0.250. The van der Waals surface area contributed by atoms with Crippen LogP contribution in [-0.2, 0) is 6.42 Å². The first-order chi connectivity index (χ1) is 4.33. The van der Waals surface area contributed by atoms with Crippen LogP contribution in [-0.4, -0.2) is 23.1 Å². The molecule has 1 aromatic carbocycles. The minimum Gasteiger partial charge on any atom is -1.00 e. The number of hydrogen-bond donors (Lipinski definition) is 0. The summed E-state index contributed by atoms with van der Waals surface area (Å²) in [5.41, 5.74) is 1.33. The molecule has 4 heteroatoms. The summed E-state index contributed by atoms with van der Waals surface area (Å²) in [5, 5.41) is 0.812. The molecule has 0 saturated heterocycles. The van der Waals surface area contributed by atoms with E-state index >= 15 is 0 Å². The summed E-state index contributed by atoms with van der Waals surface area (Å²) < 4.78 is 0. The van der Waals surface area contributed by atoms with Crippen LogP contribution >= 0.6 is 11.6 Å². The first-order valence-corrected chi connectivity index (χ1v) is 3.45. The monoisotopic (exact) mass is 322 g/mol. The van der Waals surface area contributed by atoms with E-state index in [0.717, 1.165) is 11.4 Å². The van der Waals surface area contributed by atoms with Gasteiger partial charge in [0.15, 0.2) is 0 Å². The molecule has 0 N–H and O–H groups in total. The molecule has 0 spiro atoms. The zero-order valence-electron chi connectivity index (χ0n) is 6.86. The quantitative estimate of drug-likeness (QED) is 0.471. The Morgan fingerprint density at radius 1 is 1.08 bits per heavy atom. The van der Waals surface area contributed by atoms with E-state index in [1.807, 2.05) is 24.3 Å². The topological polar surface area (TPSA) is 0 Å². The normalized spacial score (nSPS) is 7.17. The molecule has 12 heavy (non-hydrogen) atoms. The maximum atomic E-state index is 5.67. The van der Waals surface area contributed by atoms with Crippen molar-refractivity contribution in [3.05, 3.63) is 34.9 Å². The smallest absolute Gasteiger partial charge is 1.00 e. The van der Waals surface area contributed by atoms with Crippen LogP contribution in [0.1, 0.15) is 12.5 Å². The fourth-order valence-corrected chi connectivity index (χ4v) is 0.846. The van der Waals surface area contributed by atoms with Crippen LogP contribution in [0.4, 0.5) is 0 Å². The van der Waals surface area contributed by atoms with Crippen molar-refractivity contribution in [2.75, 3.05) is 0 Å². The second kappa shape index (κ2) is 10.3. The fourth-order valence-electron chi connectivity index (χ4n) is 0.720. The van der Waals surface area contributed by atoms with Crippen LogP contribution in [0.2, 0.25) is 5.02 Å². The molecule has 1 aromatic rings. The predicted octanol–water partition coefficient (Wildman–Crippen LogP) is -3.47. The zero-order chi connectivity index (χ0) is 6.69. The predicted molar refractivity (Wildman–Crippen MR) is 46.6 cm³/mol. The van der Waals surface area contributed by atoms with Gasteiger partial charge in [0, 0.05) is 5.02 Å². The molecule has 0 saturated carbocycles. The maximum absolute atomic E-state index is 5.67. The van der Waals surface area contributed by atoms with E-state index in [1.165, 1.54) is 5.56 Å². The largest absolute Gasteiger partial charge is 2.00 e.